The van der Waals surface area contributed by atoms with Crippen molar-refractivity contribution in [1.82, 2.24) is 9.47 Å². The lowest BCUT2D eigenvalue weighted by Crippen LogP contribution is -2.41. The highest BCUT2D eigenvalue weighted by atomic mass is 16.5. The number of hydrogen-bond donors (Lipinski definition) is 1. The number of nitrogens with zero attached hydrogens (tertiary/aromatic N) is 2. The van der Waals surface area contributed by atoms with Gasteiger partial charge in [0.1, 0.15) is 12.2 Å². The molecule has 2 aromatic rings. The smallest absolute Gasteiger partial charge is 0.263 e. The van der Waals surface area contributed by atoms with E-state index in [1.165, 1.54) is 4.57 Å². The van der Waals surface area contributed by atoms with Crippen molar-refractivity contribution >= 4 is 11.8 Å². The van der Waals surface area contributed by atoms with Gasteiger partial charge in [-0.15, -0.1) is 0 Å². The van der Waals surface area contributed by atoms with Crippen molar-refractivity contribution < 1.29 is 14.3 Å². The van der Waals surface area contributed by atoms with Crippen molar-refractivity contribution in [2.75, 3.05) is 19.8 Å². The van der Waals surface area contributed by atoms with Gasteiger partial charge < -0.3 is 19.9 Å². The first kappa shape index (κ1) is 20.8. The van der Waals surface area contributed by atoms with E-state index in [9.17, 15) is 14.4 Å². The molecule has 2 amide bonds. The van der Waals surface area contributed by atoms with Crippen molar-refractivity contribution in [3.8, 4) is 0 Å². The molecule has 3 rings (SSSR count). The first-order valence-electron chi connectivity index (χ1n) is 9.95. The Morgan fingerprint density at radius 3 is 2.66 bits per heavy atom. The molecule has 0 spiro atoms. The molecule has 0 saturated heterocycles. The Kier molecular flexibility index (Phi) is 6.82. The zero-order valence-corrected chi connectivity index (χ0v) is 16.7. The second-order valence-electron chi connectivity index (χ2n) is 7.22. The highest BCUT2D eigenvalue weighted by molar-refractivity contribution is 5.94. The summed E-state index contributed by atoms with van der Waals surface area (Å²) in [5, 5.41) is 0. The molecule has 0 atom stereocenters. The Hall–Kier alpha value is -2.93. The van der Waals surface area contributed by atoms with Crippen LogP contribution in [0.5, 0.6) is 0 Å². The van der Waals surface area contributed by atoms with Crippen LogP contribution in [0.4, 0.5) is 0 Å². The zero-order valence-electron chi connectivity index (χ0n) is 16.7. The molecular weight excluding hydrogens is 370 g/mol. The van der Waals surface area contributed by atoms with Gasteiger partial charge in [0.15, 0.2) is 0 Å². The molecule has 1 aromatic heterocycles. The molecule has 1 aromatic carbocycles. The van der Waals surface area contributed by atoms with Crippen molar-refractivity contribution in [2.45, 2.75) is 39.3 Å². The van der Waals surface area contributed by atoms with Crippen molar-refractivity contribution in [1.29, 1.82) is 0 Å². The monoisotopic (exact) mass is 397 g/mol. The number of pyridine rings is 1. The van der Waals surface area contributed by atoms with Gasteiger partial charge in [0.05, 0.1) is 0 Å². The van der Waals surface area contributed by atoms with Crippen LogP contribution in [-0.2, 0) is 35.5 Å². The summed E-state index contributed by atoms with van der Waals surface area (Å²) >= 11 is 0. The summed E-state index contributed by atoms with van der Waals surface area (Å²) < 4.78 is 6.89. The van der Waals surface area contributed by atoms with E-state index in [-0.39, 0.29) is 23.6 Å². The normalized spacial score (nSPS) is 13.2. The van der Waals surface area contributed by atoms with E-state index in [1.54, 1.807) is 11.1 Å². The number of primary amides is 1. The number of rotatable bonds is 8. The molecule has 1 aliphatic rings. The van der Waals surface area contributed by atoms with E-state index < -0.39 is 5.91 Å². The molecule has 0 radical (unpaired) electrons. The maximum absolute atomic E-state index is 12.9. The lowest BCUT2D eigenvalue weighted by molar-refractivity contribution is -0.137. The van der Waals surface area contributed by atoms with Crippen molar-refractivity contribution in [3.63, 3.8) is 0 Å². The number of amides is 2. The number of aromatic nitrogens is 1. The van der Waals surface area contributed by atoms with Crippen LogP contribution in [0.25, 0.3) is 0 Å². The van der Waals surface area contributed by atoms with E-state index >= 15 is 0 Å². The summed E-state index contributed by atoms with van der Waals surface area (Å²) in [6, 6.07) is 9.83. The van der Waals surface area contributed by atoms with Crippen LogP contribution in [0.3, 0.4) is 0 Å². The van der Waals surface area contributed by atoms with Gasteiger partial charge in [0, 0.05) is 32.4 Å². The number of hydrogen-bond acceptors (Lipinski definition) is 4. The van der Waals surface area contributed by atoms with Crippen LogP contribution in [0, 0.1) is 0 Å². The Morgan fingerprint density at radius 2 is 1.97 bits per heavy atom. The van der Waals surface area contributed by atoms with Crippen LogP contribution in [0.15, 0.2) is 41.3 Å². The minimum Gasteiger partial charge on any atom is -0.372 e. The van der Waals surface area contributed by atoms with E-state index in [1.807, 2.05) is 37.3 Å². The fourth-order valence-electron chi connectivity index (χ4n) is 3.63. The van der Waals surface area contributed by atoms with Gasteiger partial charge in [0.2, 0.25) is 5.91 Å². The number of fused-ring (bicyclic) bond motifs is 1. The topological polar surface area (TPSA) is 94.6 Å². The fourth-order valence-corrected chi connectivity index (χ4v) is 3.63. The maximum atomic E-state index is 12.9. The van der Waals surface area contributed by atoms with E-state index in [0.717, 1.165) is 17.5 Å². The number of aryl methyl sites for hydroxylation is 2. The second-order valence-corrected chi connectivity index (χ2v) is 7.22. The fraction of sp³-hybridized carbons (Fsp3) is 0.409. The van der Waals surface area contributed by atoms with Gasteiger partial charge in [-0.25, -0.2) is 0 Å². The van der Waals surface area contributed by atoms with Crippen molar-refractivity contribution in [2.24, 2.45) is 5.73 Å². The molecule has 1 aliphatic heterocycles. The van der Waals surface area contributed by atoms with E-state index in [0.29, 0.717) is 44.6 Å². The summed E-state index contributed by atoms with van der Waals surface area (Å²) in [7, 11) is 0. The summed E-state index contributed by atoms with van der Waals surface area (Å²) in [5.74, 6) is -0.807. The molecule has 0 bridgehead atoms. The van der Waals surface area contributed by atoms with Crippen LogP contribution >= 0.6 is 0 Å². The first-order valence-corrected chi connectivity index (χ1v) is 9.95. The largest absolute Gasteiger partial charge is 0.372 e. The molecule has 0 saturated carbocycles. The summed E-state index contributed by atoms with van der Waals surface area (Å²) in [6.45, 7) is 3.79. The standard InChI is InChI=1S/C22H27N3O4/c1-2-12-29-15-19(26)24-11-9-18-17(13-24)14-25(22(28)20(18)21(23)27)10-8-16-6-4-3-5-7-16/h3-7,14H,2,8-13,15H2,1H3,(H2,23,27). The molecule has 2 N–H and O–H groups in total. The van der Waals surface area contributed by atoms with Gasteiger partial charge in [-0.1, -0.05) is 37.3 Å². The number of nitrogens with two attached hydrogens (primary N) is 1. The molecule has 0 fully saturated rings. The average Bonchev–Trinajstić information content (AvgIpc) is 2.72. The number of carbonyl (C=O) groups excluding carboxylic acids is 2. The predicted octanol–water partition coefficient (Wildman–Crippen LogP) is 1.50. The minimum atomic E-state index is -0.716. The van der Waals surface area contributed by atoms with E-state index in [4.69, 9.17) is 10.5 Å². The Labute approximate surface area is 170 Å². The van der Waals surface area contributed by atoms with Gasteiger partial charge in [-0.3, -0.25) is 14.4 Å². The van der Waals surface area contributed by atoms with Gasteiger partial charge in [-0.2, -0.15) is 0 Å². The van der Waals surface area contributed by atoms with E-state index in [2.05, 4.69) is 0 Å². The molecule has 2 heterocycles. The van der Waals surface area contributed by atoms with Crippen LogP contribution in [-0.4, -0.2) is 41.0 Å². The second kappa shape index (κ2) is 9.52. The first-order chi connectivity index (χ1) is 14.0. The summed E-state index contributed by atoms with van der Waals surface area (Å²) in [4.78, 5) is 39.0. The predicted molar refractivity (Wildman–Crippen MR) is 110 cm³/mol. The third-order valence-corrected chi connectivity index (χ3v) is 5.13. The Bertz CT molecular complexity index is 937. The lowest BCUT2D eigenvalue weighted by atomic mass is 9.96. The van der Waals surface area contributed by atoms with Gasteiger partial charge in [0.25, 0.3) is 11.5 Å². The molecule has 7 nitrogen and oxygen atoms in total. The average molecular weight is 397 g/mol. The zero-order chi connectivity index (χ0) is 20.8. The molecular formula is C22H27N3O4. The molecule has 154 valence electrons. The number of benzene rings is 1. The number of carbonyl (C=O) groups is 2. The third kappa shape index (κ3) is 4.92. The van der Waals surface area contributed by atoms with Gasteiger partial charge >= 0.3 is 0 Å². The minimum absolute atomic E-state index is 0.0412. The highest BCUT2D eigenvalue weighted by Crippen LogP contribution is 2.21. The molecule has 0 unspecified atom stereocenters. The SMILES string of the molecule is CCCOCC(=O)N1CCc2c(cn(CCc3ccccc3)c(=O)c2C(N)=O)C1. The van der Waals surface area contributed by atoms with Gasteiger partial charge in [-0.05, 0) is 36.0 Å². The maximum Gasteiger partial charge on any atom is 0.263 e. The number of ether oxygens (including phenoxy) is 1. The molecule has 29 heavy (non-hydrogen) atoms. The molecule has 0 aliphatic carbocycles. The quantitative estimate of drug-likeness (QED) is 0.683. The van der Waals surface area contributed by atoms with Crippen LogP contribution < -0.4 is 11.3 Å². The summed E-state index contributed by atoms with van der Waals surface area (Å²) in [6.07, 6.45) is 3.71. The summed E-state index contributed by atoms with van der Waals surface area (Å²) in [5.41, 5.74) is 7.78. The highest BCUT2D eigenvalue weighted by Gasteiger charge is 2.27. The third-order valence-electron chi connectivity index (χ3n) is 5.13. The lowest BCUT2D eigenvalue weighted by Gasteiger charge is -2.30. The Balaban J connectivity index is 1.84. The van der Waals surface area contributed by atoms with Crippen LogP contribution in [0.1, 0.15) is 40.4 Å². The van der Waals surface area contributed by atoms with Crippen LogP contribution in [0.2, 0.25) is 0 Å². The van der Waals surface area contributed by atoms with Crippen molar-refractivity contribution in [3.05, 3.63) is 69.1 Å². The molecule has 7 heteroatoms. The Morgan fingerprint density at radius 1 is 1.21 bits per heavy atom.